The summed E-state index contributed by atoms with van der Waals surface area (Å²) in [5, 5.41) is 6.27. The topological polar surface area (TPSA) is 77.6 Å². The van der Waals surface area contributed by atoms with E-state index in [2.05, 4.69) is 45.7 Å². The predicted octanol–water partition coefficient (Wildman–Crippen LogP) is 8.44. The van der Waals surface area contributed by atoms with Gasteiger partial charge in [0, 0.05) is 73.3 Å². The molecule has 1 aromatic heterocycles. The second kappa shape index (κ2) is 18.9. The van der Waals surface area contributed by atoms with E-state index >= 15 is 0 Å². The summed E-state index contributed by atoms with van der Waals surface area (Å²) in [6, 6.07) is 13.1. The van der Waals surface area contributed by atoms with Crippen molar-refractivity contribution in [3.63, 3.8) is 0 Å². The Morgan fingerprint density at radius 3 is 1.68 bits per heavy atom. The van der Waals surface area contributed by atoms with Crippen molar-refractivity contribution >= 4 is 28.8 Å². The number of aromatic nitrogens is 1. The van der Waals surface area contributed by atoms with Gasteiger partial charge in [-0.2, -0.15) is 0 Å². The summed E-state index contributed by atoms with van der Waals surface area (Å²) in [5.74, 6) is -0.304. The first-order valence-electron chi connectivity index (χ1n) is 18.3. The van der Waals surface area contributed by atoms with Gasteiger partial charge in [0.25, 0.3) is 11.8 Å². The number of pyridine rings is 1. The molecule has 9 heteroatoms. The molecule has 53 heavy (non-hydrogen) atoms. The summed E-state index contributed by atoms with van der Waals surface area (Å²) in [5.41, 5.74) is 3.89. The maximum absolute atomic E-state index is 14.6. The molecule has 0 radical (unpaired) electrons. The average Bonchev–Trinajstić information content (AvgIpc) is 3.18. The Labute approximate surface area is 312 Å². The summed E-state index contributed by atoms with van der Waals surface area (Å²) in [6.45, 7) is 15.3. The SMILES string of the molecule is C=C/C(=C\C=C/C)c1cc(C(=O)NC2CCN(Cc3ccc(N4CCC(NC(=O)c5ccc(F)c(/C(C=C)=C/C=C\C)c5)CC4)nc3)CC2)ccc1F. The Kier molecular flexibility index (Phi) is 13.8. The fourth-order valence-electron chi connectivity index (χ4n) is 6.69. The van der Waals surface area contributed by atoms with Gasteiger partial charge in [0.05, 0.1) is 0 Å². The molecule has 2 saturated heterocycles. The molecule has 0 atom stereocenters. The van der Waals surface area contributed by atoms with Crippen molar-refractivity contribution in [3.8, 4) is 0 Å². The van der Waals surface area contributed by atoms with Crippen LogP contribution in [0.25, 0.3) is 11.1 Å². The van der Waals surface area contributed by atoms with E-state index in [4.69, 9.17) is 4.98 Å². The first-order valence-corrected chi connectivity index (χ1v) is 18.3. The van der Waals surface area contributed by atoms with Crippen LogP contribution in [0.15, 0.2) is 116 Å². The molecular formula is C44H49F2N5O2. The maximum Gasteiger partial charge on any atom is 0.251 e. The number of nitrogens with zero attached hydrogens (tertiary/aromatic N) is 3. The van der Waals surface area contributed by atoms with Gasteiger partial charge in [-0.25, -0.2) is 13.8 Å². The Morgan fingerprint density at radius 2 is 1.25 bits per heavy atom. The lowest BCUT2D eigenvalue weighted by molar-refractivity contribution is 0.0906. The van der Waals surface area contributed by atoms with Crippen molar-refractivity contribution in [2.24, 2.45) is 0 Å². The first-order chi connectivity index (χ1) is 25.7. The van der Waals surface area contributed by atoms with Crippen molar-refractivity contribution in [2.75, 3.05) is 31.1 Å². The normalized spacial score (nSPS) is 16.6. The minimum absolute atomic E-state index is 0.0142. The highest BCUT2D eigenvalue weighted by molar-refractivity contribution is 5.96. The third-order valence-corrected chi connectivity index (χ3v) is 9.75. The zero-order chi connectivity index (χ0) is 37.7. The number of carbonyl (C=O) groups excluding carboxylic acids is 2. The summed E-state index contributed by atoms with van der Waals surface area (Å²) < 4.78 is 29.2. The molecule has 0 saturated carbocycles. The van der Waals surface area contributed by atoms with Gasteiger partial charge in [-0.1, -0.05) is 67.8 Å². The van der Waals surface area contributed by atoms with Gasteiger partial charge in [0.2, 0.25) is 0 Å². The van der Waals surface area contributed by atoms with Crippen LogP contribution in [0.3, 0.4) is 0 Å². The van der Waals surface area contributed by atoms with Crippen LogP contribution in [0.4, 0.5) is 14.6 Å². The lowest BCUT2D eigenvalue weighted by Gasteiger charge is -2.34. The number of amides is 2. The number of hydrogen-bond donors (Lipinski definition) is 2. The Bertz CT molecular complexity index is 1900. The molecule has 2 aliphatic heterocycles. The predicted molar refractivity (Wildman–Crippen MR) is 211 cm³/mol. The van der Waals surface area contributed by atoms with Crippen molar-refractivity contribution in [3.05, 3.63) is 156 Å². The zero-order valence-electron chi connectivity index (χ0n) is 30.7. The van der Waals surface area contributed by atoms with E-state index in [9.17, 15) is 18.4 Å². The molecule has 0 unspecified atom stereocenters. The van der Waals surface area contributed by atoms with Crippen LogP contribution < -0.4 is 15.5 Å². The van der Waals surface area contributed by atoms with Gasteiger partial charge in [-0.05, 0) is 98.7 Å². The van der Waals surface area contributed by atoms with Crippen molar-refractivity contribution in [2.45, 2.75) is 58.2 Å². The quantitative estimate of drug-likeness (QED) is 0.174. The van der Waals surface area contributed by atoms with Gasteiger partial charge in [0.15, 0.2) is 0 Å². The molecule has 2 N–H and O–H groups in total. The van der Waals surface area contributed by atoms with E-state index in [0.717, 1.165) is 69.8 Å². The summed E-state index contributed by atoms with van der Waals surface area (Å²) in [7, 11) is 0. The fraction of sp³-hybridized carbons (Fsp3) is 0.295. The van der Waals surface area contributed by atoms with Crippen LogP contribution in [0.5, 0.6) is 0 Å². The molecule has 276 valence electrons. The van der Waals surface area contributed by atoms with E-state index in [0.29, 0.717) is 33.4 Å². The number of carbonyl (C=O) groups is 2. The summed E-state index contributed by atoms with van der Waals surface area (Å²) >= 11 is 0. The number of rotatable bonds is 13. The van der Waals surface area contributed by atoms with E-state index in [1.807, 2.05) is 44.3 Å². The highest BCUT2D eigenvalue weighted by atomic mass is 19.1. The number of likely N-dealkylation sites (tertiary alicyclic amines) is 1. The standard InChI is InChI=1S/C44H49F2N5O2/c1-5-9-11-32(7-3)38-27-34(14-16-40(38)45)43(52)48-36-19-23-50(24-20-36)30-31-13-18-42(47-29-31)51-25-21-37(22-26-51)49-44(53)35-15-17-41(46)39(28-35)33(8-4)12-10-6-2/h5-18,27-29,36-37H,3-4,19-26,30H2,1-2H3,(H,48,52)(H,49,53)/b9-5-,10-6-,32-11+,33-12+. The molecular weight excluding hydrogens is 669 g/mol. The van der Waals surface area contributed by atoms with Crippen LogP contribution in [-0.4, -0.2) is 60.0 Å². The van der Waals surface area contributed by atoms with E-state index in [1.54, 1.807) is 36.4 Å². The molecule has 2 aromatic carbocycles. The number of benzene rings is 2. The lowest BCUT2D eigenvalue weighted by Crippen LogP contribution is -2.45. The minimum Gasteiger partial charge on any atom is -0.356 e. The van der Waals surface area contributed by atoms with Crippen LogP contribution in [0.1, 0.15) is 76.9 Å². The number of hydrogen-bond acceptors (Lipinski definition) is 5. The maximum atomic E-state index is 14.6. The second-order valence-electron chi connectivity index (χ2n) is 13.4. The summed E-state index contributed by atoms with van der Waals surface area (Å²) in [6.07, 6.45) is 19.2. The van der Waals surface area contributed by atoms with Gasteiger partial charge >= 0.3 is 0 Å². The van der Waals surface area contributed by atoms with Crippen LogP contribution in [-0.2, 0) is 6.54 Å². The highest BCUT2D eigenvalue weighted by Crippen LogP contribution is 2.24. The monoisotopic (exact) mass is 717 g/mol. The molecule has 0 spiro atoms. The number of piperidine rings is 2. The first kappa shape index (κ1) is 38.8. The number of nitrogens with one attached hydrogen (secondary N) is 2. The van der Waals surface area contributed by atoms with Crippen LogP contribution in [0.2, 0.25) is 0 Å². The molecule has 0 bridgehead atoms. The molecule has 7 nitrogen and oxygen atoms in total. The molecule has 2 aliphatic rings. The molecule has 3 aromatic rings. The smallest absolute Gasteiger partial charge is 0.251 e. The van der Waals surface area contributed by atoms with Gasteiger partial charge in [0.1, 0.15) is 17.5 Å². The van der Waals surface area contributed by atoms with Crippen LogP contribution in [0, 0.1) is 11.6 Å². The molecule has 3 heterocycles. The molecule has 2 fully saturated rings. The molecule has 0 aliphatic carbocycles. The molecule has 5 rings (SSSR count). The van der Waals surface area contributed by atoms with Gasteiger partial charge in [-0.15, -0.1) is 0 Å². The van der Waals surface area contributed by atoms with Gasteiger partial charge < -0.3 is 15.5 Å². The summed E-state index contributed by atoms with van der Waals surface area (Å²) in [4.78, 5) is 35.5. The number of halogens is 2. The van der Waals surface area contributed by atoms with E-state index < -0.39 is 11.6 Å². The number of anilines is 1. The van der Waals surface area contributed by atoms with E-state index in [1.165, 1.54) is 24.3 Å². The van der Waals surface area contributed by atoms with Gasteiger partial charge in [-0.3, -0.25) is 14.5 Å². The zero-order valence-corrected chi connectivity index (χ0v) is 30.7. The van der Waals surface area contributed by atoms with Crippen LogP contribution >= 0.6 is 0 Å². The second-order valence-corrected chi connectivity index (χ2v) is 13.4. The third kappa shape index (κ3) is 10.4. The Morgan fingerprint density at radius 1 is 0.755 bits per heavy atom. The highest BCUT2D eigenvalue weighted by Gasteiger charge is 2.24. The lowest BCUT2D eigenvalue weighted by atomic mass is 10.00. The van der Waals surface area contributed by atoms with E-state index in [-0.39, 0.29) is 23.9 Å². The average molecular weight is 718 g/mol. The molecule has 2 amide bonds. The third-order valence-electron chi connectivity index (χ3n) is 9.75. The van der Waals surface area contributed by atoms with Crippen molar-refractivity contribution < 1.29 is 18.4 Å². The largest absolute Gasteiger partial charge is 0.356 e. The minimum atomic E-state index is -0.398. The van der Waals surface area contributed by atoms with Crippen molar-refractivity contribution in [1.29, 1.82) is 0 Å². The fourth-order valence-corrected chi connectivity index (χ4v) is 6.69. The Hall–Kier alpha value is -5.41. The van der Waals surface area contributed by atoms with Crippen molar-refractivity contribution in [1.82, 2.24) is 20.5 Å². The number of allylic oxidation sites excluding steroid dienone is 10. The Balaban J connectivity index is 1.07.